The van der Waals surface area contributed by atoms with Gasteiger partial charge in [0.05, 0.1) is 0 Å². The Hall–Kier alpha value is -2.63. The van der Waals surface area contributed by atoms with E-state index in [0.29, 0.717) is 11.4 Å². The molecule has 1 amide bonds. The molecule has 1 heterocycles. The highest BCUT2D eigenvalue weighted by Crippen LogP contribution is 2.10. The molecule has 6 heteroatoms. The Labute approximate surface area is 121 Å². The largest absolute Gasteiger partial charge is 0.448 e. The zero-order chi connectivity index (χ0) is 15.4. The van der Waals surface area contributed by atoms with Gasteiger partial charge in [-0.3, -0.25) is 4.79 Å². The van der Waals surface area contributed by atoms with Crippen molar-refractivity contribution in [3.8, 4) is 0 Å². The summed E-state index contributed by atoms with van der Waals surface area (Å²) < 4.78 is 19.5. The van der Waals surface area contributed by atoms with Crippen LogP contribution in [0.5, 0.6) is 0 Å². The van der Waals surface area contributed by atoms with Gasteiger partial charge in [-0.15, -0.1) is 0 Å². The first-order valence-electron chi connectivity index (χ1n) is 6.36. The van der Waals surface area contributed by atoms with Gasteiger partial charge in [0.15, 0.2) is 6.10 Å². The second-order valence-electron chi connectivity index (χ2n) is 4.55. The Morgan fingerprint density at radius 1 is 1.24 bits per heavy atom. The van der Waals surface area contributed by atoms with Gasteiger partial charge in [-0.05, 0) is 43.3 Å². The number of aryl methyl sites for hydroxylation is 1. The lowest BCUT2D eigenvalue weighted by Crippen LogP contribution is -2.30. The van der Waals surface area contributed by atoms with E-state index in [1.54, 1.807) is 29.9 Å². The minimum atomic E-state index is -0.961. The Morgan fingerprint density at radius 3 is 2.48 bits per heavy atom. The van der Waals surface area contributed by atoms with Crippen molar-refractivity contribution < 1.29 is 18.7 Å². The summed E-state index contributed by atoms with van der Waals surface area (Å²) in [6.07, 6.45) is 0.747. The number of benzene rings is 1. The summed E-state index contributed by atoms with van der Waals surface area (Å²) in [6, 6.07) is 8.64. The predicted octanol–water partition coefficient (Wildman–Crippen LogP) is 2.35. The summed E-state index contributed by atoms with van der Waals surface area (Å²) in [5.74, 6) is -1.45. The van der Waals surface area contributed by atoms with Crippen LogP contribution in [0, 0.1) is 5.82 Å². The molecule has 0 saturated carbocycles. The molecule has 0 fully saturated rings. The first-order chi connectivity index (χ1) is 9.97. The molecule has 1 aromatic heterocycles. The van der Waals surface area contributed by atoms with Crippen molar-refractivity contribution in [3.63, 3.8) is 0 Å². The SMILES string of the molecule is CC(OC(=O)c1cccn1C)C(=O)Nc1ccc(F)cc1. The van der Waals surface area contributed by atoms with Crippen LogP contribution in [0.1, 0.15) is 17.4 Å². The third-order valence-corrected chi connectivity index (χ3v) is 2.92. The van der Waals surface area contributed by atoms with Gasteiger partial charge < -0.3 is 14.6 Å². The molecule has 0 aliphatic heterocycles. The second-order valence-corrected chi connectivity index (χ2v) is 4.55. The molecule has 110 valence electrons. The van der Waals surface area contributed by atoms with E-state index < -0.39 is 23.8 Å². The highest BCUT2D eigenvalue weighted by Gasteiger charge is 2.20. The molecule has 0 spiro atoms. The average Bonchev–Trinajstić information content (AvgIpc) is 2.87. The number of nitrogens with zero attached hydrogens (tertiary/aromatic N) is 1. The third kappa shape index (κ3) is 3.68. The molecule has 1 atom stereocenters. The summed E-state index contributed by atoms with van der Waals surface area (Å²) in [7, 11) is 1.71. The number of amides is 1. The number of aromatic nitrogens is 1. The molecule has 0 radical (unpaired) electrons. The van der Waals surface area contributed by atoms with Gasteiger partial charge in [0.25, 0.3) is 5.91 Å². The summed E-state index contributed by atoms with van der Waals surface area (Å²) in [6.45, 7) is 1.47. The molecular weight excluding hydrogens is 275 g/mol. The van der Waals surface area contributed by atoms with E-state index in [0.717, 1.165) is 0 Å². The van der Waals surface area contributed by atoms with Gasteiger partial charge in [0.1, 0.15) is 11.5 Å². The molecular formula is C15H15FN2O3. The standard InChI is InChI=1S/C15H15FN2O3/c1-10(21-15(20)13-4-3-9-18(13)2)14(19)17-12-7-5-11(16)6-8-12/h3-10H,1-2H3,(H,17,19). The first kappa shape index (κ1) is 14.8. The number of nitrogens with one attached hydrogen (secondary N) is 1. The second kappa shape index (κ2) is 6.21. The molecule has 1 N–H and O–H groups in total. The van der Waals surface area contributed by atoms with E-state index in [2.05, 4.69) is 5.32 Å². The molecule has 2 aromatic rings. The zero-order valence-corrected chi connectivity index (χ0v) is 11.7. The van der Waals surface area contributed by atoms with Crippen LogP contribution in [0.25, 0.3) is 0 Å². The highest BCUT2D eigenvalue weighted by molar-refractivity contribution is 5.96. The molecule has 21 heavy (non-hydrogen) atoms. The van der Waals surface area contributed by atoms with Crippen molar-refractivity contribution in [2.75, 3.05) is 5.32 Å². The predicted molar refractivity (Wildman–Crippen MR) is 75.3 cm³/mol. The van der Waals surface area contributed by atoms with E-state index in [-0.39, 0.29) is 0 Å². The molecule has 1 unspecified atom stereocenters. The number of carbonyl (C=O) groups is 2. The quantitative estimate of drug-likeness (QED) is 0.879. The maximum atomic E-state index is 12.8. The molecule has 2 rings (SSSR count). The van der Waals surface area contributed by atoms with Crippen LogP contribution in [0.3, 0.4) is 0 Å². The Kier molecular flexibility index (Phi) is 4.37. The van der Waals surface area contributed by atoms with E-state index in [1.807, 2.05) is 0 Å². The van der Waals surface area contributed by atoms with Crippen LogP contribution in [0.2, 0.25) is 0 Å². The summed E-state index contributed by atoms with van der Waals surface area (Å²) >= 11 is 0. The van der Waals surface area contributed by atoms with Gasteiger partial charge >= 0.3 is 5.97 Å². The average molecular weight is 290 g/mol. The van der Waals surface area contributed by atoms with Crippen molar-refractivity contribution >= 4 is 17.6 Å². The van der Waals surface area contributed by atoms with E-state index in [4.69, 9.17) is 4.74 Å². The lowest BCUT2D eigenvalue weighted by molar-refractivity contribution is -0.123. The monoisotopic (exact) mass is 290 g/mol. The lowest BCUT2D eigenvalue weighted by Gasteiger charge is -2.13. The Balaban J connectivity index is 1.95. The van der Waals surface area contributed by atoms with Gasteiger partial charge in [-0.1, -0.05) is 0 Å². The minimum Gasteiger partial charge on any atom is -0.448 e. The number of carbonyl (C=O) groups excluding carboxylic acids is 2. The van der Waals surface area contributed by atoms with Crippen molar-refractivity contribution in [1.29, 1.82) is 0 Å². The maximum absolute atomic E-state index is 12.8. The van der Waals surface area contributed by atoms with E-state index in [9.17, 15) is 14.0 Å². The van der Waals surface area contributed by atoms with Crippen LogP contribution in [-0.2, 0) is 16.6 Å². The first-order valence-corrected chi connectivity index (χ1v) is 6.36. The van der Waals surface area contributed by atoms with Crippen molar-refractivity contribution in [2.24, 2.45) is 7.05 Å². The summed E-state index contributed by atoms with van der Waals surface area (Å²) in [5.41, 5.74) is 0.791. The zero-order valence-electron chi connectivity index (χ0n) is 11.7. The fraction of sp³-hybridized carbons (Fsp3) is 0.200. The maximum Gasteiger partial charge on any atom is 0.355 e. The van der Waals surface area contributed by atoms with Crippen LogP contribution < -0.4 is 5.32 Å². The molecule has 0 aliphatic carbocycles. The van der Waals surface area contributed by atoms with Gasteiger partial charge in [0.2, 0.25) is 0 Å². The fourth-order valence-corrected chi connectivity index (χ4v) is 1.72. The fourth-order valence-electron chi connectivity index (χ4n) is 1.72. The molecule has 1 aromatic carbocycles. The Bertz CT molecular complexity index is 649. The number of ether oxygens (including phenoxy) is 1. The minimum absolute atomic E-state index is 0.358. The van der Waals surface area contributed by atoms with Crippen LogP contribution >= 0.6 is 0 Å². The van der Waals surface area contributed by atoms with Gasteiger partial charge in [0, 0.05) is 18.9 Å². The molecule has 0 aliphatic rings. The Morgan fingerprint density at radius 2 is 1.90 bits per heavy atom. The van der Waals surface area contributed by atoms with Crippen LogP contribution in [0.4, 0.5) is 10.1 Å². The number of hydrogen-bond donors (Lipinski definition) is 1. The number of hydrogen-bond acceptors (Lipinski definition) is 3. The van der Waals surface area contributed by atoms with Crippen LogP contribution in [0.15, 0.2) is 42.6 Å². The van der Waals surface area contributed by atoms with Crippen molar-refractivity contribution in [2.45, 2.75) is 13.0 Å². The van der Waals surface area contributed by atoms with Crippen LogP contribution in [-0.4, -0.2) is 22.5 Å². The molecule has 0 saturated heterocycles. The molecule has 5 nitrogen and oxygen atoms in total. The number of esters is 1. The summed E-state index contributed by atoms with van der Waals surface area (Å²) in [4.78, 5) is 23.8. The number of rotatable bonds is 4. The topological polar surface area (TPSA) is 60.3 Å². The van der Waals surface area contributed by atoms with Gasteiger partial charge in [-0.25, -0.2) is 9.18 Å². The number of halogens is 1. The van der Waals surface area contributed by atoms with E-state index >= 15 is 0 Å². The normalized spacial score (nSPS) is 11.8. The highest BCUT2D eigenvalue weighted by atomic mass is 19.1. The van der Waals surface area contributed by atoms with E-state index in [1.165, 1.54) is 31.2 Å². The summed E-state index contributed by atoms with van der Waals surface area (Å²) in [5, 5.41) is 2.54. The molecule has 0 bridgehead atoms. The smallest absolute Gasteiger partial charge is 0.355 e. The van der Waals surface area contributed by atoms with Gasteiger partial charge in [-0.2, -0.15) is 0 Å². The number of anilines is 1. The van der Waals surface area contributed by atoms with Crippen molar-refractivity contribution in [1.82, 2.24) is 4.57 Å². The third-order valence-electron chi connectivity index (χ3n) is 2.92. The lowest BCUT2D eigenvalue weighted by atomic mass is 10.3. The van der Waals surface area contributed by atoms with Crippen molar-refractivity contribution in [3.05, 3.63) is 54.1 Å².